The van der Waals surface area contributed by atoms with E-state index in [0.717, 1.165) is 0 Å². The lowest BCUT2D eigenvalue weighted by molar-refractivity contribution is 2.60. The van der Waals surface area contributed by atoms with Crippen LogP contribution in [0.2, 0.25) is 0 Å². The molecule has 0 aromatic rings. The van der Waals surface area contributed by atoms with Crippen molar-refractivity contribution in [2.45, 2.75) is 0 Å². The molecular formula is CH2NP2-. The zero-order valence-electron chi connectivity index (χ0n) is 1.97. The second-order valence-electron chi connectivity index (χ2n) is 0.215. The standard InChI is InChI=1S/CH2NP2/c1-2-4-3/h3H2/q-1. The van der Waals surface area contributed by atoms with Crippen molar-refractivity contribution in [2.75, 3.05) is 0 Å². The minimum absolute atomic E-state index is 0.707. The third kappa shape index (κ3) is 2.35. The molecule has 0 aromatic carbocycles. The fourth-order valence-electron chi connectivity index (χ4n) is 0. The van der Waals surface area contributed by atoms with Crippen molar-refractivity contribution in [1.29, 1.82) is 0 Å². The SMILES string of the molecule is [C-]#[N+][P-]P. The van der Waals surface area contributed by atoms with Gasteiger partial charge in [0.25, 0.3) is 0 Å². The fourth-order valence-corrected chi connectivity index (χ4v) is 0. The summed E-state index contributed by atoms with van der Waals surface area (Å²) in [7, 11) is 2.98. The normalized spacial score (nSPS) is 8.00. The molecule has 0 bridgehead atoms. The first-order valence-electron chi connectivity index (χ1n) is 0.682. The summed E-state index contributed by atoms with van der Waals surface area (Å²) in [6.45, 7) is 6.04. The maximum Gasteiger partial charge on any atom is -0.0569 e. The molecule has 0 rings (SSSR count). The smallest absolute Gasteiger partial charge is 0.0569 e. The second kappa shape index (κ2) is 3.35. The topological polar surface area (TPSA) is 4.36 Å². The lowest BCUT2D eigenvalue weighted by atomic mass is 11.9. The van der Waals surface area contributed by atoms with Crippen molar-refractivity contribution in [3.05, 3.63) is 11.2 Å². The zero-order valence-corrected chi connectivity index (χ0v) is 4.02. The Morgan fingerprint density at radius 3 is 2.25 bits per heavy atom. The highest BCUT2D eigenvalue weighted by atomic mass is 32.0. The van der Waals surface area contributed by atoms with E-state index in [1.165, 1.54) is 0 Å². The van der Waals surface area contributed by atoms with Crippen molar-refractivity contribution >= 4 is 17.3 Å². The molecule has 22 valence electrons. The first kappa shape index (κ1) is 4.35. The Bertz CT molecular complexity index is 35.8. The Kier molecular flexibility index (Phi) is 3.64. The van der Waals surface area contributed by atoms with E-state index < -0.39 is 0 Å². The Morgan fingerprint density at radius 1 is 2.00 bits per heavy atom. The third-order valence-electron chi connectivity index (χ3n) is 0.0577. The summed E-state index contributed by atoms with van der Waals surface area (Å²) in [6, 6.07) is 0. The quantitative estimate of drug-likeness (QED) is 0.314. The van der Waals surface area contributed by atoms with Crippen LogP contribution in [0.15, 0.2) is 0 Å². The monoisotopic (exact) mass is 90.0 g/mol. The Hall–Kier alpha value is 0.350. The zero-order chi connectivity index (χ0) is 3.41. The van der Waals surface area contributed by atoms with E-state index in [4.69, 9.17) is 6.57 Å². The molecule has 0 aliphatic rings. The number of hydrogen-bond donors (Lipinski definition) is 0. The summed E-state index contributed by atoms with van der Waals surface area (Å²) >= 11 is 0. The van der Waals surface area contributed by atoms with Gasteiger partial charge in [0.15, 0.2) is 0 Å². The molecule has 0 fully saturated rings. The summed E-state index contributed by atoms with van der Waals surface area (Å²) in [4.78, 5) is 0. The van der Waals surface area contributed by atoms with Crippen LogP contribution in [0, 0.1) is 6.57 Å². The van der Waals surface area contributed by atoms with Gasteiger partial charge in [-0.2, -0.15) is 0 Å². The number of hydrogen-bond acceptors (Lipinski definition) is 0. The van der Waals surface area contributed by atoms with E-state index in [0.29, 0.717) is 8.42 Å². The maximum absolute atomic E-state index is 6.04. The van der Waals surface area contributed by atoms with Crippen molar-refractivity contribution in [1.82, 2.24) is 0 Å². The van der Waals surface area contributed by atoms with Gasteiger partial charge in [0, 0.05) is 0 Å². The van der Waals surface area contributed by atoms with Gasteiger partial charge in [-0.15, -0.1) is 0 Å². The third-order valence-corrected chi connectivity index (χ3v) is 0.520. The van der Waals surface area contributed by atoms with Gasteiger partial charge in [0.05, 0.1) is 0 Å². The van der Waals surface area contributed by atoms with E-state index in [1.54, 1.807) is 0 Å². The fraction of sp³-hybridized carbons (Fsp3) is 0. The van der Waals surface area contributed by atoms with Crippen LogP contribution >= 0.6 is 17.3 Å². The van der Waals surface area contributed by atoms with Crippen molar-refractivity contribution in [3.63, 3.8) is 0 Å². The van der Waals surface area contributed by atoms with E-state index in [2.05, 4.69) is 13.5 Å². The van der Waals surface area contributed by atoms with Crippen LogP contribution in [-0.4, -0.2) is 0 Å². The Labute approximate surface area is 29.5 Å². The predicted molar refractivity (Wildman–Crippen MR) is 23.2 cm³/mol. The van der Waals surface area contributed by atoms with Crippen LogP contribution in [0.1, 0.15) is 0 Å². The van der Waals surface area contributed by atoms with E-state index >= 15 is 0 Å². The van der Waals surface area contributed by atoms with Crippen molar-refractivity contribution in [2.24, 2.45) is 0 Å². The summed E-state index contributed by atoms with van der Waals surface area (Å²) in [5.41, 5.74) is 0. The number of rotatable bonds is 0. The highest BCUT2D eigenvalue weighted by molar-refractivity contribution is 8.03. The van der Waals surface area contributed by atoms with Crippen LogP contribution in [0.5, 0.6) is 0 Å². The van der Waals surface area contributed by atoms with Crippen LogP contribution in [0.25, 0.3) is 4.62 Å². The van der Waals surface area contributed by atoms with Gasteiger partial charge in [-0.1, -0.05) is 8.42 Å². The van der Waals surface area contributed by atoms with Crippen molar-refractivity contribution < 1.29 is 0 Å². The van der Waals surface area contributed by atoms with Crippen molar-refractivity contribution in [3.8, 4) is 0 Å². The molecule has 1 atom stereocenters. The first-order chi connectivity index (χ1) is 1.91. The first-order valence-corrected chi connectivity index (χ1v) is 3.15. The maximum atomic E-state index is 6.04. The van der Waals surface area contributed by atoms with Gasteiger partial charge in [-0.3, -0.25) is 6.57 Å². The molecule has 0 aliphatic carbocycles. The molecule has 0 amide bonds. The largest absolute Gasteiger partial charge is 0.494 e. The molecule has 0 heterocycles. The summed E-state index contributed by atoms with van der Waals surface area (Å²) in [5, 5.41) is 0. The molecular weight excluding hydrogens is 88.0 g/mol. The molecule has 0 saturated heterocycles. The number of nitrogens with zero attached hydrogens (tertiary/aromatic N) is 1. The molecule has 0 aromatic heterocycles. The van der Waals surface area contributed by atoms with Crippen LogP contribution in [0.4, 0.5) is 0 Å². The Balaban J connectivity index is 2.43. The Morgan fingerprint density at radius 2 is 2.25 bits per heavy atom. The minimum atomic E-state index is 0.707. The molecule has 1 unspecified atom stereocenters. The van der Waals surface area contributed by atoms with E-state index in [-0.39, 0.29) is 0 Å². The lowest BCUT2D eigenvalue weighted by Crippen LogP contribution is -0.895. The highest BCUT2D eigenvalue weighted by Gasteiger charge is 1.27. The molecule has 0 spiro atoms. The van der Waals surface area contributed by atoms with Crippen LogP contribution in [-0.2, 0) is 0 Å². The summed E-state index contributed by atoms with van der Waals surface area (Å²) in [6.07, 6.45) is 0. The molecule has 0 radical (unpaired) electrons. The van der Waals surface area contributed by atoms with Gasteiger partial charge in [-0.25, -0.2) is 8.93 Å². The van der Waals surface area contributed by atoms with E-state index in [1.807, 2.05) is 0 Å². The predicted octanol–water partition coefficient (Wildman–Crippen LogP) is 1.56. The molecule has 3 heteroatoms. The van der Waals surface area contributed by atoms with Crippen LogP contribution in [0.3, 0.4) is 0 Å². The highest BCUT2D eigenvalue weighted by Crippen LogP contribution is 2.19. The minimum Gasteiger partial charge on any atom is -0.494 e. The molecule has 0 N–H and O–H groups in total. The summed E-state index contributed by atoms with van der Waals surface area (Å²) < 4.78 is 2.92. The van der Waals surface area contributed by atoms with Gasteiger partial charge >= 0.3 is 0 Å². The molecule has 1 nitrogen and oxygen atoms in total. The van der Waals surface area contributed by atoms with Gasteiger partial charge in [0.1, 0.15) is 0 Å². The molecule has 4 heavy (non-hydrogen) atoms. The van der Waals surface area contributed by atoms with Gasteiger partial charge < -0.3 is 4.62 Å². The second-order valence-corrected chi connectivity index (χ2v) is 1.34. The summed E-state index contributed by atoms with van der Waals surface area (Å²) in [5.74, 6) is 0. The van der Waals surface area contributed by atoms with Crippen LogP contribution < -0.4 is 0 Å². The molecule has 0 aliphatic heterocycles. The molecule has 0 saturated carbocycles. The average molecular weight is 90.0 g/mol. The van der Waals surface area contributed by atoms with E-state index in [9.17, 15) is 0 Å². The lowest BCUT2D eigenvalue weighted by Gasteiger charge is -1.72. The van der Waals surface area contributed by atoms with Gasteiger partial charge in [-0.05, 0) is 0 Å². The van der Waals surface area contributed by atoms with Gasteiger partial charge in [0.2, 0.25) is 0 Å². The average Bonchev–Trinajstić information content (AvgIpc) is 1.37.